The highest BCUT2D eigenvalue weighted by atomic mass is 35.5. The number of aromatic nitrogens is 2. The maximum absolute atomic E-state index is 11.8. The zero-order valence-electron chi connectivity index (χ0n) is 12.9. The molecule has 0 atom stereocenters. The van der Waals surface area contributed by atoms with Crippen LogP contribution in [-0.2, 0) is 13.0 Å². The van der Waals surface area contributed by atoms with E-state index in [1.807, 2.05) is 6.92 Å². The van der Waals surface area contributed by atoms with Crippen molar-refractivity contribution in [1.29, 1.82) is 0 Å². The summed E-state index contributed by atoms with van der Waals surface area (Å²) in [6.45, 7) is 3.30. The van der Waals surface area contributed by atoms with Gasteiger partial charge in [-0.05, 0) is 37.2 Å². The van der Waals surface area contributed by atoms with E-state index in [2.05, 4.69) is 15.5 Å². The normalized spacial score (nSPS) is 10.0. The van der Waals surface area contributed by atoms with Crippen molar-refractivity contribution in [1.82, 2.24) is 15.5 Å². The molecule has 2 aromatic rings. The molecule has 0 saturated heterocycles. The number of hydrogen-bond acceptors (Lipinski definition) is 6. The van der Waals surface area contributed by atoms with Gasteiger partial charge in [0.2, 0.25) is 11.7 Å². The van der Waals surface area contributed by atoms with Crippen LogP contribution in [0, 0.1) is 0 Å². The van der Waals surface area contributed by atoms with Gasteiger partial charge < -0.3 is 20.3 Å². The third-order valence-corrected chi connectivity index (χ3v) is 2.96. The lowest BCUT2D eigenvalue weighted by Gasteiger charge is -2.06. The number of ether oxygens (including phenoxy) is 1. The summed E-state index contributed by atoms with van der Waals surface area (Å²) in [6.07, 6.45) is 1.46. The molecule has 0 radical (unpaired) electrons. The van der Waals surface area contributed by atoms with E-state index in [4.69, 9.17) is 15.0 Å². The minimum absolute atomic E-state index is 0. The number of amides is 1. The Morgan fingerprint density at radius 2 is 2.09 bits per heavy atom. The Morgan fingerprint density at radius 3 is 2.70 bits per heavy atom. The average Bonchev–Trinajstić information content (AvgIpc) is 3.01. The Balaban J connectivity index is 0.00000264. The average molecular weight is 341 g/mol. The Morgan fingerprint density at radius 1 is 1.35 bits per heavy atom. The smallest absolute Gasteiger partial charge is 0.251 e. The number of rotatable bonds is 8. The fourth-order valence-electron chi connectivity index (χ4n) is 1.75. The van der Waals surface area contributed by atoms with Crippen LogP contribution < -0.4 is 15.8 Å². The van der Waals surface area contributed by atoms with Gasteiger partial charge in [-0.2, -0.15) is 4.98 Å². The van der Waals surface area contributed by atoms with Crippen LogP contribution in [0.1, 0.15) is 35.4 Å². The molecule has 0 saturated carbocycles. The van der Waals surface area contributed by atoms with Crippen molar-refractivity contribution in [2.45, 2.75) is 26.4 Å². The molecule has 1 amide bonds. The molecule has 0 aliphatic carbocycles. The Hall–Kier alpha value is -2.12. The van der Waals surface area contributed by atoms with Crippen LogP contribution in [0.15, 0.2) is 28.8 Å². The summed E-state index contributed by atoms with van der Waals surface area (Å²) in [5.41, 5.74) is 5.96. The molecule has 0 unspecified atom stereocenters. The number of halogens is 1. The van der Waals surface area contributed by atoms with E-state index in [1.54, 1.807) is 24.3 Å². The van der Waals surface area contributed by atoms with Crippen LogP contribution in [0.2, 0.25) is 0 Å². The summed E-state index contributed by atoms with van der Waals surface area (Å²) in [4.78, 5) is 16.0. The number of nitrogens with zero attached hydrogens (tertiary/aromatic N) is 2. The molecule has 1 aromatic heterocycles. The van der Waals surface area contributed by atoms with Crippen molar-refractivity contribution in [2.75, 3.05) is 13.1 Å². The summed E-state index contributed by atoms with van der Waals surface area (Å²) in [6, 6.07) is 6.89. The zero-order chi connectivity index (χ0) is 15.8. The van der Waals surface area contributed by atoms with Crippen LogP contribution in [0.4, 0.5) is 0 Å². The predicted molar refractivity (Wildman–Crippen MR) is 87.7 cm³/mol. The van der Waals surface area contributed by atoms with Gasteiger partial charge in [0, 0.05) is 18.5 Å². The first kappa shape index (κ1) is 18.9. The maximum Gasteiger partial charge on any atom is 0.251 e. The molecule has 7 nitrogen and oxygen atoms in total. The van der Waals surface area contributed by atoms with E-state index < -0.39 is 0 Å². The Kier molecular flexibility index (Phi) is 8.07. The monoisotopic (exact) mass is 340 g/mol. The highest BCUT2D eigenvalue weighted by molar-refractivity contribution is 5.94. The first-order valence-electron chi connectivity index (χ1n) is 7.25. The minimum atomic E-state index is -0.120. The van der Waals surface area contributed by atoms with E-state index in [1.165, 1.54) is 0 Å². The van der Waals surface area contributed by atoms with Crippen molar-refractivity contribution >= 4 is 18.3 Å². The van der Waals surface area contributed by atoms with Crippen LogP contribution in [0.25, 0.3) is 0 Å². The number of carbonyl (C=O) groups excluding carboxylic acids is 1. The van der Waals surface area contributed by atoms with Crippen molar-refractivity contribution in [3.05, 3.63) is 41.5 Å². The largest absolute Gasteiger partial charge is 0.485 e. The molecule has 0 spiro atoms. The van der Waals surface area contributed by atoms with E-state index in [0.29, 0.717) is 42.5 Å². The molecule has 3 N–H and O–H groups in total. The van der Waals surface area contributed by atoms with E-state index >= 15 is 0 Å². The first-order chi connectivity index (χ1) is 10.7. The van der Waals surface area contributed by atoms with Gasteiger partial charge in [-0.15, -0.1) is 12.4 Å². The van der Waals surface area contributed by atoms with Gasteiger partial charge in [-0.3, -0.25) is 4.79 Å². The standard InChI is InChI=1S/C15H20N4O3.ClH/c1-2-14-18-13(19-22-14)10-21-12-6-4-11(5-7-12)15(20)17-9-3-8-16;/h4-7H,2-3,8-10,16H2,1H3,(H,17,20);1H. The molecule has 2 rings (SSSR count). The zero-order valence-corrected chi connectivity index (χ0v) is 13.8. The lowest BCUT2D eigenvalue weighted by Crippen LogP contribution is -2.25. The molecule has 8 heteroatoms. The van der Waals surface area contributed by atoms with E-state index in [0.717, 1.165) is 6.42 Å². The summed E-state index contributed by atoms with van der Waals surface area (Å²) >= 11 is 0. The van der Waals surface area contributed by atoms with Crippen LogP contribution in [-0.4, -0.2) is 29.1 Å². The SMILES string of the molecule is CCc1nc(COc2ccc(C(=O)NCCCN)cc2)no1.Cl. The number of nitrogens with two attached hydrogens (primary N) is 1. The lowest BCUT2D eigenvalue weighted by molar-refractivity contribution is 0.0953. The number of nitrogens with one attached hydrogen (secondary N) is 1. The summed E-state index contributed by atoms with van der Waals surface area (Å²) in [5.74, 6) is 1.61. The highest BCUT2D eigenvalue weighted by Gasteiger charge is 2.07. The third-order valence-electron chi connectivity index (χ3n) is 2.96. The lowest BCUT2D eigenvalue weighted by atomic mass is 10.2. The van der Waals surface area contributed by atoms with E-state index in [-0.39, 0.29) is 24.9 Å². The number of aryl methyl sites for hydroxylation is 1. The summed E-state index contributed by atoms with van der Waals surface area (Å²) < 4.78 is 10.5. The first-order valence-corrected chi connectivity index (χ1v) is 7.25. The van der Waals surface area contributed by atoms with Gasteiger partial charge in [-0.25, -0.2) is 0 Å². The Labute approximate surface area is 141 Å². The molecule has 1 heterocycles. The fourth-order valence-corrected chi connectivity index (χ4v) is 1.75. The topological polar surface area (TPSA) is 103 Å². The number of hydrogen-bond donors (Lipinski definition) is 2. The fraction of sp³-hybridized carbons (Fsp3) is 0.400. The van der Waals surface area contributed by atoms with Gasteiger partial charge in [0.1, 0.15) is 5.75 Å². The van der Waals surface area contributed by atoms with Gasteiger partial charge in [0.25, 0.3) is 5.91 Å². The third kappa shape index (κ3) is 5.88. The summed E-state index contributed by atoms with van der Waals surface area (Å²) in [5, 5.41) is 6.60. The van der Waals surface area contributed by atoms with Gasteiger partial charge in [-0.1, -0.05) is 12.1 Å². The van der Waals surface area contributed by atoms with Gasteiger partial charge in [0.05, 0.1) is 0 Å². The molecule has 0 bridgehead atoms. The molecule has 0 fully saturated rings. The Bertz CT molecular complexity index is 601. The van der Waals surface area contributed by atoms with Crippen molar-refractivity contribution in [3.8, 4) is 5.75 Å². The molecule has 126 valence electrons. The van der Waals surface area contributed by atoms with Crippen molar-refractivity contribution in [2.24, 2.45) is 5.73 Å². The predicted octanol–water partition coefficient (Wildman–Crippen LogP) is 1.71. The molecule has 0 aliphatic rings. The molecule has 1 aromatic carbocycles. The highest BCUT2D eigenvalue weighted by Crippen LogP contribution is 2.13. The molecular formula is C15H21ClN4O3. The van der Waals surface area contributed by atoms with Crippen LogP contribution in [0.5, 0.6) is 5.75 Å². The second kappa shape index (κ2) is 9.81. The van der Waals surface area contributed by atoms with Crippen molar-refractivity contribution in [3.63, 3.8) is 0 Å². The maximum atomic E-state index is 11.8. The summed E-state index contributed by atoms with van der Waals surface area (Å²) in [7, 11) is 0. The second-order valence-electron chi connectivity index (χ2n) is 4.67. The van der Waals surface area contributed by atoms with E-state index in [9.17, 15) is 4.79 Å². The van der Waals surface area contributed by atoms with Crippen LogP contribution in [0.3, 0.4) is 0 Å². The number of benzene rings is 1. The molecule has 0 aliphatic heterocycles. The van der Waals surface area contributed by atoms with Gasteiger partial charge >= 0.3 is 0 Å². The van der Waals surface area contributed by atoms with Crippen LogP contribution >= 0.6 is 12.4 Å². The number of carbonyl (C=O) groups is 1. The van der Waals surface area contributed by atoms with Gasteiger partial charge in [0.15, 0.2) is 6.61 Å². The molecule has 23 heavy (non-hydrogen) atoms. The minimum Gasteiger partial charge on any atom is -0.485 e. The quantitative estimate of drug-likeness (QED) is 0.709. The molecular weight excluding hydrogens is 320 g/mol. The van der Waals surface area contributed by atoms with Crippen molar-refractivity contribution < 1.29 is 14.1 Å². The second-order valence-corrected chi connectivity index (χ2v) is 4.67.